The van der Waals surface area contributed by atoms with Crippen molar-refractivity contribution >= 4 is 27.5 Å². The van der Waals surface area contributed by atoms with Gasteiger partial charge in [0.15, 0.2) is 5.82 Å². The molecular weight excluding hydrogens is 435 g/mol. The van der Waals surface area contributed by atoms with Gasteiger partial charge in [-0.2, -0.15) is 4.98 Å². The number of amides is 1. The number of rotatable bonds is 7. The SMILES string of the molecule is COCc1nc(OC)c2c(C)c(C(=O)N(C)Cc3ccc(OC(F)(F)F)cc3)sc2n1. The highest BCUT2D eigenvalue weighted by Gasteiger charge is 2.31. The number of carbonyl (C=O) groups is 1. The average Bonchev–Trinajstić information content (AvgIpc) is 3.04. The van der Waals surface area contributed by atoms with E-state index in [1.165, 1.54) is 54.7 Å². The normalized spacial score (nSPS) is 11.6. The van der Waals surface area contributed by atoms with Crippen molar-refractivity contribution in [2.24, 2.45) is 0 Å². The lowest BCUT2D eigenvalue weighted by Gasteiger charge is -2.17. The van der Waals surface area contributed by atoms with E-state index >= 15 is 0 Å². The number of methoxy groups -OCH3 is 2. The number of benzene rings is 1. The molecule has 0 fully saturated rings. The molecule has 1 aromatic carbocycles. The summed E-state index contributed by atoms with van der Waals surface area (Å²) < 4.78 is 51.2. The lowest BCUT2D eigenvalue weighted by atomic mass is 10.1. The Morgan fingerprint density at radius 2 is 1.84 bits per heavy atom. The lowest BCUT2D eigenvalue weighted by Crippen LogP contribution is -2.26. The first-order chi connectivity index (χ1) is 14.6. The largest absolute Gasteiger partial charge is 0.573 e. The molecule has 0 saturated heterocycles. The fourth-order valence-corrected chi connectivity index (χ4v) is 4.19. The molecule has 0 unspecified atom stereocenters. The highest BCUT2D eigenvalue weighted by Crippen LogP contribution is 2.35. The van der Waals surface area contributed by atoms with Crippen molar-refractivity contribution in [2.45, 2.75) is 26.4 Å². The van der Waals surface area contributed by atoms with Gasteiger partial charge in [0.2, 0.25) is 5.88 Å². The summed E-state index contributed by atoms with van der Waals surface area (Å²) in [4.78, 5) is 24.4. The number of fused-ring (bicyclic) bond motifs is 1. The van der Waals surface area contributed by atoms with Gasteiger partial charge in [0.05, 0.1) is 17.4 Å². The second kappa shape index (κ2) is 9.06. The molecule has 7 nitrogen and oxygen atoms in total. The fraction of sp³-hybridized carbons (Fsp3) is 0.350. The van der Waals surface area contributed by atoms with Crippen molar-refractivity contribution in [2.75, 3.05) is 21.3 Å². The Hall–Kier alpha value is -2.92. The van der Waals surface area contributed by atoms with Crippen molar-refractivity contribution in [1.82, 2.24) is 14.9 Å². The van der Waals surface area contributed by atoms with Gasteiger partial charge in [0.1, 0.15) is 17.2 Å². The van der Waals surface area contributed by atoms with Crippen LogP contribution in [0.4, 0.5) is 13.2 Å². The molecule has 0 aliphatic rings. The Kier molecular flexibility index (Phi) is 6.65. The topological polar surface area (TPSA) is 73.8 Å². The van der Waals surface area contributed by atoms with E-state index in [1.807, 2.05) is 0 Å². The molecule has 0 N–H and O–H groups in total. The standard InChI is InChI=1S/C20H20F3N3O4S/c1-11-15-17(29-4)24-14(10-28-3)25-18(15)31-16(11)19(27)26(2)9-12-5-7-13(8-6-12)30-20(21,22)23/h5-8H,9-10H2,1-4H3. The molecule has 0 bridgehead atoms. The van der Waals surface area contributed by atoms with Crippen LogP contribution in [0.3, 0.4) is 0 Å². The van der Waals surface area contributed by atoms with Crippen molar-refractivity contribution in [1.29, 1.82) is 0 Å². The Bertz CT molecular complexity index is 1080. The van der Waals surface area contributed by atoms with Crippen molar-refractivity contribution < 1.29 is 32.2 Å². The molecule has 166 valence electrons. The number of hydrogen-bond donors (Lipinski definition) is 0. The first-order valence-electron chi connectivity index (χ1n) is 9.06. The van der Waals surface area contributed by atoms with Gasteiger partial charge in [-0.1, -0.05) is 12.1 Å². The number of hydrogen-bond acceptors (Lipinski definition) is 7. The Morgan fingerprint density at radius 1 is 1.16 bits per heavy atom. The number of thiophene rings is 1. The van der Waals surface area contributed by atoms with Gasteiger partial charge < -0.3 is 19.1 Å². The van der Waals surface area contributed by atoms with Crippen LogP contribution in [0, 0.1) is 6.92 Å². The second-order valence-electron chi connectivity index (χ2n) is 6.67. The molecule has 0 atom stereocenters. The molecule has 2 aromatic heterocycles. The van der Waals surface area contributed by atoms with E-state index in [9.17, 15) is 18.0 Å². The van der Waals surface area contributed by atoms with Crippen molar-refractivity contribution in [3.8, 4) is 11.6 Å². The van der Waals surface area contributed by atoms with E-state index in [2.05, 4.69) is 14.7 Å². The van der Waals surface area contributed by atoms with Crippen LogP contribution in [-0.2, 0) is 17.9 Å². The Morgan fingerprint density at radius 3 is 2.42 bits per heavy atom. The minimum atomic E-state index is -4.75. The maximum absolute atomic E-state index is 13.1. The first-order valence-corrected chi connectivity index (χ1v) is 9.87. The van der Waals surface area contributed by atoms with E-state index < -0.39 is 6.36 Å². The summed E-state index contributed by atoms with van der Waals surface area (Å²) in [5, 5.41) is 0.665. The molecular formula is C20H20F3N3O4S. The van der Waals surface area contributed by atoms with E-state index in [4.69, 9.17) is 9.47 Å². The summed E-state index contributed by atoms with van der Waals surface area (Å²) in [6.45, 7) is 2.21. The number of carbonyl (C=O) groups excluding carboxylic acids is 1. The van der Waals surface area contributed by atoms with Crippen LogP contribution in [-0.4, -0.2) is 48.4 Å². The van der Waals surface area contributed by atoms with Crippen LogP contribution in [0.2, 0.25) is 0 Å². The summed E-state index contributed by atoms with van der Waals surface area (Å²) in [5.41, 5.74) is 1.36. The van der Waals surface area contributed by atoms with Gasteiger partial charge in [-0.3, -0.25) is 4.79 Å². The van der Waals surface area contributed by atoms with Crippen molar-refractivity contribution in [3.05, 3.63) is 46.1 Å². The van der Waals surface area contributed by atoms with E-state index in [0.29, 0.717) is 37.9 Å². The molecule has 0 saturated carbocycles. The number of nitrogens with zero attached hydrogens (tertiary/aromatic N) is 3. The third kappa shape index (κ3) is 5.23. The van der Waals surface area contributed by atoms with Gasteiger partial charge in [-0.25, -0.2) is 4.98 Å². The van der Waals surface area contributed by atoms with E-state index in [-0.39, 0.29) is 24.8 Å². The third-order valence-corrected chi connectivity index (χ3v) is 5.56. The number of halogens is 3. The number of ether oxygens (including phenoxy) is 3. The van der Waals surface area contributed by atoms with Crippen LogP contribution in [0.5, 0.6) is 11.6 Å². The van der Waals surface area contributed by atoms with Gasteiger partial charge in [-0.15, -0.1) is 24.5 Å². The first kappa shape index (κ1) is 22.8. The molecule has 2 heterocycles. The molecule has 0 aliphatic carbocycles. The Balaban J connectivity index is 1.82. The summed E-state index contributed by atoms with van der Waals surface area (Å²) in [6.07, 6.45) is -4.75. The molecule has 3 rings (SSSR count). The van der Waals surface area contributed by atoms with Gasteiger partial charge in [0.25, 0.3) is 5.91 Å². The summed E-state index contributed by atoms with van der Waals surface area (Å²) >= 11 is 1.23. The summed E-state index contributed by atoms with van der Waals surface area (Å²) in [6, 6.07) is 5.38. The second-order valence-corrected chi connectivity index (χ2v) is 7.67. The zero-order chi connectivity index (χ0) is 22.8. The van der Waals surface area contributed by atoms with Crippen LogP contribution in [0.1, 0.15) is 26.6 Å². The van der Waals surface area contributed by atoms with Gasteiger partial charge in [-0.05, 0) is 30.2 Å². The summed E-state index contributed by atoms with van der Waals surface area (Å²) in [5.74, 6) is 0.254. The minimum absolute atomic E-state index is 0.205. The number of aromatic nitrogens is 2. The summed E-state index contributed by atoms with van der Waals surface area (Å²) in [7, 11) is 4.65. The van der Waals surface area contributed by atoms with Crippen LogP contribution < -0.4 is 9.47 Å². The zero-order valence-electron chi connectivity index (χ0n) is 17.2. The number of alkyl halides is 3. The zero-order valence-corrected chi connectivity index (χ0v) is 18.1. The monoisotopic (exact) mass is 455 g/mol. The lowest BCUT2D eigenvalue weighted by molar-refractivity contribution is -0.274. The van der Waals surface area contributed by atoms with Crippen molar-refractivity contribution in [3.63, 3.8) is 0 Å². The predicted molar refractivity (Wildman–Crippen MR) is 108 cm³/mol. The maximum Gasteiger partial charge on any atom is 0.573 e. The molecule has 0 spiro atoms. The Labute approximate surface area is 180 Å². The smallest absolute Gasteiger partial charge is 0.480 e. The van der Waals surface area contributed by atoms with Crippen LogP contribution in [0.25, 0.3) is 10.2 Å². The average molecular weight is 455 g/mol. The van der Waals surface area contributed by atoms with Gasteiger partial charge >= 0.3 is 6.36 Å². The van der Waals surface area contributed by atoms with Crippen LogP contribution >= 0.6 is 11.3 Å². The van der Waals surface area contributed by atoms with E-state index in [0.717, 1.165) is 0 Å². The molecule has 31 heavy (non-hydrogen) atoms. The molecule has 3 aromatic rings. The molecule has 0 aliphatic heterocycles. The quantitative estimate of drug-likeness (QED) is 0.528. The maximum atomic E-state index is 13.1. The third-order valence-electron chi connectivity index (χ3n) is 4.39. The molecule has 1 amide bonds. The van der Waals surface area contributed by atoms with Gasteiger partial charge in [0, 0.05) is 20.7 Å². The number of aryl methyl sites for hydroxylation is 1. The highest BCUT2D eigenvalue weighted by molar-refractivity contribution is 7.20. The minimum Gasteiger partial charge on any atom is -0.480 e. The van der Waals surface area contributed by atoms with Crippen LogP contribution in [0.15, 0.2) is 24.3 Å². The molecule has 0 radical (unpaired) electrons. The predicted octanol–water partition coefficient (Wildman–Crippen LogP) is 4.33. The fourth-order valence-electron chi connectivity index (χ4n) is 3.01. The highest BCUT2D eigenvalue weighted by atomic mass is 32.1. The van der Waals surface area contributed by atoms with E-state index in [1.54, 1.807) is 14.0 Å². The molecule has 11 heteroatoms.